The van der Waals surface area contributed by atoms with E-state index in [9.17, 15) is 20.1 Å². The van der Waals surface area contributed by atoms with Crippen LogP contribution in [0.4, 0.5) is 0 Å². The van der Waals surface area contributed by atoms with Crippen LogP contribution in [0.2, 0.25) is 0 Å². The molecule has 0 radical (unpaired) electrons. The van der Waals surface area contributed by atoms with Gasteiger partial charge in [0.25, 0.3) is 0 Å². The van der Waals surface area contributed by atoms with E-state index in [0.29, 0.717) is 12.8 Å². The van der Waals surface area contributed by atoms with Gasteiger partial charge in [-0.25, -0.2) is 0 Å². The molecular weight excluding hydrogens is 582 g/mol. The highest BCUT2D eigenvalue weighted by Gasteiger charge is 2.26. The lowest BCUT2D eigenvalue weighted by Gasteiger charge is -2.26. The summed E-state index contributed by atoms with van der Waals surface area (Å²) in [7, 11) is 0. The Balaban J connectivity index is 3.63. The number of unbranched alkanes of at least 4 members (excludes halogenated alkanes) is 22. The first-order valence-electron chi connectivity index (χ1n) is 20.3. The van der Waals surface area contributed by atoms with Gasteiger partial charge in [-0.2, -0.15) is 0 Å². The minimum absolute atomic E-state index is 0.165. The van der Waals surface area contributed by atoms with Crippen LogP contribution in [0, 0.1) is 0 Å². The number of aliphatic hydroxyl groups excluding tert-OH is 3. The van der Waals surface area contributed by atoms with Gasteiger partial charge < -0.3 is 20.6 Å². The number of hydrogen-bond donors (Lipinski definition) is 4. The summed E-state index contributed by atoms with van der Waals surface area (Å²) in [6, 6.07) is -0.832. The van der Waals surface area contributed by atoms with E-state index in [1.165, 1.54) is 122 Å². The lowest BCUT2D eigenvalue weighted by Crippen LogP contribution is -2.50. The van der Waals surface area contributed by atoms with Crippen molar-refractivity contribution in [1.82, 2.24) is 5.32 Å². The number of allylic oxidation sites excluding steroid dienone is 6. The molecule has 0 aliphatic heterocycles. The third-order valence-electron chi connectivity index (χ3n) is 9.17. The van der Waals surface area contributed by atoms with Gasteiger partial charge in [-0.3, -0.25) is 4.79 Å². The van der Waals surface area contributed by atoms with Crippen LogP contribution in [-0.4, -0.2) is 46.1 Å². The van der Waals surface area contributed by atoms with Crippen molar-refractivity contribution in [3.63, 3.8) is 0 Å². The van der Waals surface area contributed by atoms with Gasteiger partial charge in [-0.1, -0.05) is 159 Å². The molecule has 4 N–H and O–H groups in total. The normalized spacial score (nSPS) is 14.1. The zero-order valence-electron chi connectivity index (χ0n) is 31.2. The van der Waals surface area contributed by atoms with Gasteiger partial charge >= 0.3 is 0 Å². The van der Waals surface area contributed by atoms with E-state index in [1.807, 2.05) is 0 Å². The molecule has 0 bridgehead atoms. The predicted molar refractivity (Wildman–Crippen MR) is 204 cm³/mol. The van der Waals surface area contributed by atoms with E-state index in [0.717, 1.165) is 51.4 Å². The standard InChI is InChI=1S/C42H79NO4/c1-3-5-7-9-11-13-15-16-17-18-19-20-21-22-23-24-25-26-27-29-31-33-35-37-41(46)43-39(38-44)42(47)40(45)36-34-32-30-28-14-12-10-8-6-4-2/h8,10,22-23,28,30,39-40,42,44-45,47H,3-7,9,11-21,24-27,29,31-38H2,1-2H3,(H,43,46)/b10-8+,23-22-,30-28+. The molecule has 0 aromatic heterocycles. The average Bonchev–Trinajstić information content (AvgIpc) is 3.07. The Morgan fingerprint density at radius 2 is 0.915 bits per heavy atom. The van der Waals surface area contributed by atoms with Gasteiger partial charge in [0.1, 0.15) is 6.10 Å². The predicted octanol–water partition coefficient (Wildman–Crippen LogP) is 11.2. The third-order valence-corrected chi connectivity index (χ3v) is 9.17. The summed E-state index contributed by atoms with van der Waals surface area (Å²) in [5, 5.41) is 33.3. The van der Waals surface area contributed by atoms with Crippen molar-refractivity contribution in [1.29, 1.82) is 0 Å². The largest absolute Gasteiger partial charge is 0.394 e. The topological polar surface area (TPSA) is 89.8 Å². The number of amides is 1. The van der Waals surface area contributed by atoms with E-state index in [-0.39, 0.29) is 12.5 Å². The van der Waals surface area contributed by atoms with E-state index in [2.05, 4.69) is 55.6 Å². The van der Waals surface area contributed by atoms with Gasteiger partial charge in [-0.05, 0) is 70.6 Å². The van der Waals surface area contributed by atoms with Crippen molar-refractivity contribution >= 4 is 5.91 Å². The van der Waals surface area contributed by atoms with Gasteiger partial charge in [0.05, 0.1) is 18.8 Å². The second-order valence-corrected chi connectivity index (χ2v) is 13.8. The molecule has 0 saturated heterocycles. The number of hydrogen-bond acceptors (Lipinski definition) is 4. The van der Waals surface area contributed by atoms with Crippen LogP contribution in [0.15, 0.2) is 36.5 Å². The Morgan fingerprint density at radius 3 is 1.38 bits per heavy atom. The highest BCUT2D eigenvalue weighted by molar-refractivity contribution is 5.76. The van der Waals surface area contributed by atoms with Crippen LogP contribution in [0.25, 0.3) is 0 Å². The van der Waals surface area contributed by atoms with Crippen LogP contribution in [0.5, 0.6) is 0 Å². The Hall–Kier alpha value is -1.43. The van der Waals surface area contributed by atoms with E-state index in [1.54, 1.807) is 0 Å². The fourth-order valence-electron chi connectivity index (χ4n) is 6.00. The molecule has 0 rings (SSSR count). The Bertz CT molecular complexity index is 734. The zero-order valence-corrected chi connectivity index (χ0v) is 31.2. The zero-order chi connectivity index (χ0) is 34.5. The second kappa shape index (κ2) is 37.4. The summed E-state index contributed by atoms with van der Waals surface area (Å²) in [4.78, 5) is 12.4. The molecule has 0 heterocycles. The van der Waals surface area contributed by atoms with Gasteiger partial charge in [0.2, 0.25) is 5.91 Å². The molecule has 0 fully saturated rings. The maximum absolute atomic E-state index is 12.4. The molecule has 5 heteroatoms. The van der Waals surface area contributed by atoms with Gasteiger partial charge in [0, 0.05) is 6.42 Å². The van der Waals surface area contributed by atoms with E-state index < -0.39 is 18.2 Å². The maximum Gasteiger partial charge on any atom is 0.220 e. The molecule has 3 atom stereocenters. The molecule has 276 valence electrons. The monoisotopic (exact) mass is 662 g/mol. The summed E-state index contributed by atoms with van der Waals surface area (Å²) in [5.41, 5.74) is 0. The average molecular weight is 662 g/mol. The minimum Gasteiger partial charge on any atom is -0.394 e. The molecule has 47 heavy (non-hydrogen) atoms. The van der Waals surface area contributed by atoms with Crippen molar-refractivity contribution in [2.75, 3.05) is 6.61 Å². The van der Waals surface area contributed by atoms with Crippen LogP contribution >= 0.6 is 0 Å². The first kappa shape index (κ1) is 45.6. The Morgan fingerprint density at radius 1 is 0.511 bits per heavy atom. The second-order valence-electron chi connectivity index (χ2n) is 13.8. The molecule has 0 aliphatic carbocycles. The quantitative estimate of drug-likeness (QED) is 0.0397. The van der Waals surface area contributed by atoms with Crippen molar-refractivity contribution < 1.29 is 20.1 Å². The molecule has 5 nitrogen and oxygen atoms in total. The number of rotatable bonds is 36. The van der Waals surface area contributed by atoms with Gasteiger partial charge in [-0.15, -0.1) is 0 Å². The smallest absolute Gasteiger partial charge is 0.220 e. The fraction of sp³-hybridized carbons (Fsp3) is 0.833. The fourth-order valence-corrected chi connectivity index (χ4v) is 6.00. The van der Waals surface area contributed by atoms with E-state index in [4.69, 9.17) is 0 Å². The van der Waals surface area contributed by atoms with Crippen molar-refractivity contribution in [2.45, 2.75) is 218 Å². The molecular formula is C42H79NO4. The number of carbonyl (C=O) groups is 1. The molecule has 0 aromatic rings. The molecule has 0 aromatic carbocycles. The molecule has 0 saturated carbocycles. The third kappa shape index (κ3) is 32.9. The molecule has 1 amide bonds. The minimum atomic E-state index is -1.17. The van der Waals surface area contributed by atoms with E-state index >= 15 is 0 Å². The summed E-state index contributed by atoms with van der Waals surface area (Å²) >= 11 is 0. The first-order chi connectivity index (χ1) is 23.1. The lowest BCUT2D eigenvalue weighted by molar-refractivity contribution is -0.124. The van der Waals surface area contributed by atoms with Crippen LogP contribution in [0.3, 0.4) is 0 Å². The number of carbonyl (C=O) groups excluding carboxylic acids is 1. The Labute approximate surface area is 292 Å². The highest BCUT2D eigenvalue weighted by atomic mass is 16.3. The summed E-state index contributed by atoms with van der Waals surface area (Å²) in [5.74, 6) is -0.165. The van der Waals surface area contributed by atoms with Gasteiger partial charge in [0.15, 0.2) is 0 Å². The van der Waals surface area contributed by atoms with Crippen LogP contribution < -0.4 is 5.32 Å². The van der Waals surface area contributed by atoms with Crippen LogP contribution in [-0.2, 0) is 4.79 Å². The Kier molecular flexibility index (Phi) is 36.3. The maximum atomic E-state index is 12.4. The van der Waals surface area contributed by atoms with Crippen molar-refractivity contribution in [3.05, 3.63) is 36.5 Å². The lowest BCUT2D eigenvalue weighted by atomic mass is 10.0. The first-order valence-corrected chi connectivity index (χ1v) is 20.3. The molecule has 0 spiro atoms. The van der Waals surface area contributed by atoms with Crippen LogP contribution in [0.1, 0.15) is 200 Å². The highest BCUT2D eigenvalue weighted by Crippen LogP contribution is 2.14. The number of aliphatic hydroxyl groups is 3. The molecule has 3 unspecified atom stereocenters. The number of nitrogens with one attached hydrogen (secondary N) is 1. The summed E-state index contributed by atoms with van der Waals surface area (Å²) in [6.07, 6.45) is 45.5. The summed E-state index contributed by atoms with van der Waals surface area (Å²) in [6.45, 7) is 4.08. The van der Waals surface area contributed by atoms with Crippen molar-refractivity contribution in [2.24, 2.45) is 0 Å². The SMILES string of the molecule is CCC/C=C/CC/C=C/CCCC(O)C(O)C(CO)NC(=O)CCCCCCCCC/C=C\CCCCCCCCCCCCCC. The summed E-state index contributed by atoms with van der Waals surface area (Å²) < 4.78 is 0. The molecule has 0 aliphatic rings. The van der Waals surface area contributed by atoms with Crippen molar-refractivity contribution in [3.8, 4) is 0 Å².